The van der Waals surface area contributed by atoms with Crippen LogP contribution >= 0.6 is 11.6 Å². The van der Waals surface area contributed by atoms with Crippen LogP contribution in [0, 0.1) is 0 Å². The van der Waals surface area contributed by atoms with Crippen molar-refractivity contribution >= 4 is 11.6 Å². The number of aromatic nitrogens is 2. The lowest BCUT2D eigenvalue weighted by Gasteiger charge is -2.18. The maximum absolute atomic E-state index is 6.05. The Kier molecular flexibility index (Phi) is 4.60. The average molecular weight is 255 g/mol. The summed E-state index contributed by atoms with van der Waals surface area (Å²) in [5.41, 5.74) is 0.929. The SMILES string of the molecule is CCc1c(Cl)ncnc1OC1CCCCCC1. The van der Waals surface area contributed by atoms with Gasteiger partial charge in [0.05, 0.1) is 5.56 Å². The van der Waals surface area contributed by atoms with Gasteiger partial charge in [-0.2, -0.15) is 0 Å². The highest BCUT2D eigenvalue weighted by molar-refractivity contribution is 6.30. The quantitative estimate of drug-likeness (QED) is 0.608. The molecule has 3 nitrogen and oxygen atoms in total. The van der Waals surface area contributed by atoms with Crippen molar-refractivity contribution in [3.8, 4) is 5.88 Å². The molecule has 0 amide bonds. The second kappa shape index (κ2) is 6.20. The lowest BCUT2D eigenvalue weighted by Crippen LogP contribution is -2.17. The summed E-state index contributed by atoms with van der Waals surface area (Å²) in [6.45, 7) is 2.05. The van der Waals surface area contributed by atoms with Crippen LogP contribution in [0.3, 0.4) is 0 Å². The molecule has 0 spiro atoms. The largest absolute Gasteiger partial charge is 0.474 e. The number of hydrogen-bond donors (Lipinski definition) is 0. The highest BCUT2D eigenvalue weighted by Gasteiger charge is 2.17. The normalized spacial score (nSPS) is 17.8. The number of hydrogen-bond acceptors (Lipinski definition) is 3. The van der Waals surface area contributed by atoms with Crippen molar-refractivity contribution < 1.29 is 4.74 Å². The highest BCUT2D eigenvalue weighted by atomic mass is 35.5. The van der Waals surface area contributed by atoms with Crippen molar-refractivity contribution in [3.63, 3.8) is 0 Å². The van der Waals surface area contributed by atoms with E-state index >= 15 is 0 Å². The van der Waals surface area contributed by atoms with Gasteiger partial charge in [0.1, 0.15) is 17.6 Å². The third-order valence-electron chi connectivity index (χ3n) is 3.29. The fourth-order valence-electron chi connectivity index (χ4n) is 2.29. The molecule has 0 aliphatic heterocycles. The molecule has 0 radical (unpaired) electrons. The summed E-state index contributed by atoms with van der Waals surface area (Å²) >= 11 is 6.05. The molecule has 94 valence electrons. The van der Waals surface area contributed by atoms with Gasteiger partial charge in [0.25, 0.3) is 0 Å². The van der Waals surface area contributed by atoms with Crippen LogP contribution in [-0.2, 0) is 6.42 Å². The van der Waals surface area contributed by atoms with E-state index in [2.05, 4.69) is 9.97 Å². The van der Waals surface area contributed by atoms with E-state index < -0.39 is 0 Å². The minimum Gasteiger partial charge on any atom is -0.474 e. The first kappa shape index (κ1) is 12.6. The molecule has 1 aliphatic carbocycles. The first-order valence-corrected chi connectivity index (χ1v) is 6.85. The number of nitrogens with zero attached hydrogens (tertiary/aromatic N) is 2. The number of halogens is 1. The maximum atomic E-state index is 6.05. The van der Waals surface area contributed by atoms with Gasteiger partial charge in [0.2, 0.25) is 5.88 Å². The molecule has 4 heteroatoms. The standard InChI is InChI=1S/C13H19ClN2O/c1-2-11-12(14)15-9-16-13(11)17-10-7-5-3-4-6-8-10/h9-10H,2-8H2,1H3. The maximum Gasteiger partial charge on any atom is 0.221 e. The molecule has 0 unspecified atom stereocenters. The molecule has 2 rings (SSSR count). The third kappa shape index (κ3) is 3.32. The van der Waals surface area contributed by atoms with Gasteiger partial charge >= 0.3 is 0 Å². The zero-order chi connectivity index (χ0) is 12.1. The fraction of sp³-hybridized carbons (Fsp3) is 0.692. The Morgan fingerprint density at radius 1 is 1.24 bits per heavy atom. The van der Waals surface area contributed by atoms with Crippen LogP contribution in [0.2, 0.25) is 5.15 Å². The van der Waals surface area contributed by atoms with E-state index in [1.807, 2.05) is 6.92 Å². The second-order valence-electron chi connectivity index (χ2n) is 4.53. The fourth-order valence-corrected chi connectivity index (χ4v) is 2.55. The molecule has 17 heavy (non-hydrogen) atoms. The summed E-state index contributed by atoms with van der Waals surface area (Å²) < 4.78 is 6.00. The lowest BCUT2D eigenvalue weighted by atomic mass is 10.1. The van der Waals surface area contributed by atoms with Gasteiger partial charge < -0.3 is 4.74 Å². The van der Waals surface area contributed by atoms with E-state index in [-0.39, 0.29) is 0 Å². The first-order valence-electron chi connectivity index (χ1n) is 6.47. The van der Waals surface area contributed by atoms with E-state index in [4.69, 9.17) is 16.3 Å². The molecule has 1 aliphatic rings. The monoisotopic (exact) mass is 254 g/mol. The van der Waals surface area contributed by atoms with Crippen LogP contribution in [0.25, 0.3) is 0 Å². The first-order chi connectivity index (χ1) is 8.31. The van der Waals surface area contributed by atoms with Gasteiger partial charge in [-0.3, -0.25) is 0 Å². The summed E-state index contributed by atoms with van der Waals surface area (Å²) in [7, 11) is 0. The van der Waals surface area contributed by atoms with E-state index in [1.54, 1.807) is 0 Å². The lowest BCUT2D eigenvalue weighted by molar-refractivity contribution is 0.174. The van der Waals surface area contributed by atoms with Crippen LogP contribution in [0.5, 0.6) is 5.88 Å². The molecule has 0 N–H and O–H groups in total. The van der Waals surface area contributed by atoms with E-state index in [1.165, 1.54) is 32.0 Å². The minimum absolute atomic E-state index is 0.300. The van der Waals surface area contributed by atoms with E-state index in [0.717, 1.165) is 24.8 Å². The smallest absolute Gasteiger partial charge is 0.221 e. The van der Waals surface area contributed by atoms with Crippen molar-refractivity contribution in [3.05, 3.63) is 17.0 Å². The molecular formula is C13H19ClN2O. The molecule has 1 aromatic rings. The Morgan fingerprint density at radius 3 is 2.59 bits per heavy atom. The molecular weight excluding hydrogens is 236 g/mol. The van der Waals surface area contributed by atoms with Gasteiger partial charge in [0.15, 0.2) is 0 Å². The van der Waals surface area contributed by atoms with Crippen LogP contribution < -0.4 is 4.74 Å². The molecule has 0 atom stereocenters. The van der Waals surface area contributed by atoms with Crippen molar-refractivity contribution in [2.75, 3.05) is 0 Å². The van der Waals surface area contributed by atoms with Crippen molar-refractivity contribution in [2.45, 2.75) is 58.0 Å². The molecule has 0 aromatic carbocycles. The van der Waals surface area contributed by atoms with Crippen molar-refractivity contribution in [2.24, 2.45) is 0 Å². The van der Waals surface area contributed by atoms with Crippen LogP contribution in [0.4, 0.5) is 0 Å². The molecule has 1 fully saturated rings. The van der Waals surface area contributed by atoms with Crippen LogP contribution in [-0.4, -0.2) is 16.1 Å². The zero-order valence-electron chi connectivity index (χ0n) is 10.3. The van der Waals surface area contributed by atoms with Gasteiger partial charge in [0, 0.05) is 0 Å². The summed E-state index contributed by atoms with van der Waals surface area (Å²) in [5, 5.41) is 0.520. The Hall–Kier alpha value is -0.830. The summed E-state index contributed by atoms with van der Waals surface area (Å²) in [5.74, 6) is 0.680. The Morgan fingerprint density at radius 2 is 1.94 bits per heavy atom. The Balaban J connectivity index is 2.09. The van der Waals surface area contributed by atoms with Gasteiger partial charge in [-0.1, -0.05) is 31.4 Å². The molecule has 1 heterocycles. The predicted molar refractivity (Wildman–Crippen MR) is 68.5 cm³/mol. The number of rotatable bonds is 3. The highest BCUT2D eigenvalue weighted by Crippen LogP contribution is 2.26. The summed E-state index contributed by atoms with van der Waals surface area (Å²) in [6.07, 6.45) is 10.0. The minimum atomic E-state index is 0.300. The average Bonchev–Trinajstić information content (AvgIpc) is 2.58. The molecule has 0 saturated heterocycles. The summed E-state index contributed by atoms with van der Waals surface area (Å²) in [4.78, 5) is 8.21. The molecule has 1 aromatic heterocycles. The van der Waals surface area contributed by atoms with Crippen LogP contribution in [0.1, 0.15) is 51.0 Å². The van der Waals surface area contributed by atoms with Gasteiger partial charge in [-0.05, 0) is 32.1 Å². The Bertz CT molecular complexity index is 362. The molecule has 1 saturated carbocycles. The Labute approximate surface area is 108 Å². The van der Waals surface area contributed by atoms with Crippen molar-refractivity contribution in [1.82, 2.24) is 9.97 Å². The second-order valence-corrected chi connectivity index (χ2v) is 4.89. The van der Waals surface area contributed by atoms with E-state index in [0.29, 0.717) is 17.1 Å². The van der Waals surface area contributed by atoms with Crippen molar-refractivity contribution in [1.29, 1.82) is 0 Å². The zero-order valence-corrected chi connectivity index (χ0v) is 11.0. The van der Waals surface area contributed by atoms with Gasteiger partial charge in [-0.25, -0.2) is 9.97 Å². The third-order valence-corrected chi connectivity index (χ3v) is 3.61. The van der Waals surface area contributed by atoms with Crippen LogP contribution in [0.15, 0.2) is 6.33 Å². The topological polar surface area (TPSA) is 35.0 Å². The predicted octanol–water partition coefficient (Wildman–Crippen LogP) is 3.79. The summed E-state index contributed by atoms with van der Waals surface area (Å²) in [6, 6.07) is 0. The number of ether oxygens (including phenoxy) is 1. The van der Waals surface area contributed by atoms with Gasteiger partial charge in [-0.15, -0.1) is 0 Å². The molecule has 0 bridgehead atoms. The van der Waals surface area contributed by atoms with E-state index in [9.17, 15) is 0 Å².